The van der Waals surface area contributed by atoms with Gasteiger partial charge in [-0.05, 0) is 31.2 Å². The van der Waals surface area contributed by atoms with Crippen LogP contribution in [0.2, 0.25) is 0 Å². The number of ether oxygens (including phenoxy) is 2. The van der Waals surface area contributed by atoms with Gasteiger partial charge in [0.15, 0.2) is 0 Å². The Labute approximate surface area is 107 Å². The fourth-order valence-electron chi connectivity index (χ4n) is 1.98. The monoisotopic (exact) mass is 255 g/mol. The molecule has 1 aliphatic heterocycles. The third-order valence-electron chi connectivity index (χ3n) is 3.04. The molecule has 96 valence electrons. The zero-order valence-corrected chi connectivity index (χ0v) is 11.2. The van der Waals surface area contributed by atoms with Crippen molar-refractivity contribution in [2.45, 2.75) is 31.9 Å². The van der Waals surface area contributed by atoms with Gasteiger partial charge < -0.3 is 14.8 Å². The Morgan fingerprint density at radius 1 is 1.53 bits per heavy atom. The number of rotatable bonds is 6. The maximum atomic E-state index is 5.81. The first-order valence-electron chi connectivity index (χ1n) is 6.32. The number of hydrogen-bond donors (Lipinski definition) is 1. The molecule has 1 saturated heterocycles. The van der Waals surface area contributed by atoms with E-state index < -0.39 is 0 Å². The second-order valence-corrected chi connectivity index (χ2v) is 5.35. The van der Waals surface area contributed by atoms with Crippen LogP contribution in [0.25, 0.3) is 0 Å². The van der Waals surface area contributed by atoms with Crippen LogP contribution in [0, 0.1) is 0 Å². The molecule has 0 aromatic carbocycles. The summed E-state index contributed by atoms with van der Waals surface area (Å²) in [7, 11) is 0. The fourth-order valence-corrected chi connectivity index (χ4v) is 2.74. The molecule has 1 atom stereocenters. The molecule has 17 heavy (non-hydrogen) atoms. The molecule has 0 aliphatic carbocycles. The average Bonchev–Trinajstić information content (AvgIpc) is 2.89. The van der Waals surface area contributed by atoms with Crippen LogP contribution in [0.4, 0.5) is 0 Å². The smallest absolute Gasteiger partial charge is 0.0619 e. The van der Waals surface area contributed by atoms with Crippen molar-refractivity contribution < 1.29 is 9.47 Å². The minimum absolute atomic E-state index is 0.405. The lowest BCUT2D eigenvalue weighted by molar-refractivity contribution is -0.0308. The molecule has 0 amide bonds. The summed E-state index contributed by atoms with van der Waals surface area (Å²) in [6.45, 7) is 5.60. The standard InChI is InChI=1S/C13H21NO2S/c1-11(13-3-2-10-17-13)14-6-9-16-12-4-7-15-8-5-12/h2-3,10-12,14H,4-9H2,1H3. The third kappa shape index (κ3) is 4.39. The minimum Gasteiger partial charge on any atom is -0.381 e. The van der Waals surface area contributed by atoms with Crippen molar-refractivity contribution in [3.63, 3.8) is 0 Å². The van der Waals surface area contributed by atoms with Crippen molar-refractivity contribution in [3.05, 3.63) is 22.4 Å². The van der Waals surface area contributed by atoms with Gasteiger partial charge in [0.25, 0.3) is 0 Å². The van der Waals surface area contributed by atoms with Gasteiger partial charge in [0, 0.05) is 30.7 Å². The van der Waals surface area contributed by atoms with Crippen molar-refractivity contribution in [2.24, 2.45) is 0 Å². The van der Waals surface area contributed by atoms with Gasteiger partial charge in [-0.1, -0.05) is 6.07 Å². The molecule has 1 aromatic heterocycles. The zero-order chi connectivity index (χ0) is 11.9. The number of hydrogen-bond acceptors (Lipinski definition) is 4. The lowest BCUT2D eigenvalue weighted by Crippen LogP contribution is -2.28. The predicted molar refractivity (Wildman–Crippen MR) is 70.5 cm³/mol. The Hall–Kier alpha value is -0.420. The lowest BCUT2D eigenvalue weighted by Gasteiger charge is -2.22. The van der Waals surface area contributed by atoms with Crippen LogP contribution in [0.3, 0.4) is 0 Å². The summed E-state index contributed by atoms with van der Waals surface area (Å²) in [6, 6.07) is 4.69. The van der Waals surface area contributed by atoms with Crippen LogP contribution in [-0.4, -0.2) is 32.5 Å². The van der Waals surface area contributed by atoms with Gasteiger partial charge in [0.2, 0.25) is 0 Å². The van der Waals surface area contributed by atoms with E-state index in [1.165, 1.54) is 4.88 Å². The average molecular weight is 255 g/mol. The van der Waals surface area contributed by atoms with Crippen LogP contribution >= 0.6 is 11.3 Å². The zero-order valence-electron chi connectivity index (χ0n) is 10.4. The summed E-state index contributed by atoms with van der Waals surface area (Å²) in [5.74, 6) is 0. The minimum atomic E-state index is 0.405. The quantitative estimate of drug-likeness (QED) is 0.793. The van der Waals surface area contributed by atoms with Crippen LogP contribution in [0.1, 0.15) is 30.7 Å². The lowest BCUT2D eigenvalue weighted by atomic mass is 10.2. The van der Waals surface area contributed by atoms with Gasteiger partial charge in [0.1, 0.15) is 0 Å². The van der Waals surface area contributed by atoms with Crippen molar-refractivity contribution in [2.75, 3.05) is 26.4 Å². The molecule has 2 rings (SSSR count). The molecule has 4 heteroatoms. The first-order valence-corrected chi connectivity index (χ1v) is 7.20. The summed E-state index contributed by atoms with van der Waals surface area (Å²) in [5, 5.41) is 5.60. The van der Waals surface area contributed by atoms with E-state index in [2.05, 4.69) is 29.8 Å². The van der Waals surface area contributed by atoms with Gasteiger partial charge >= 0.3 is 0 Å². The summed E-state index contributed by atoms with van der Waals surface area (Å²) in [5.41, 5.74) is 0. The number of thiophene rings is 1. The molecule has 3 nitrogen and oxygen atoms in total. The van der Waals surface area contributed by atoms with E-state index >= 15 is 0 Å². The summed E-state index contributed by atoms with van der Waals surface area (Å²) >= 11 is 1.80. The Kier molecular flexibility index (Phi) is 5.45. The summed E-state index contributed by atoms with van der Waals surface area (Å²) < 4.78 is 11.1. The maximum Gasteiger partial charge on any atom is 0.0619 e. The molecular weight excluding hydrogens is 234 g/mol. The molecule has 0 saturated carbocycles. The highest BCUT2D eigenvalue weighted by Crippen LogP contribution is 2.17. The molecule has 2 heterocycles. The third-order valence-corrected chi connectivity index (χ3v) is 4.10. The van der Waals surface area contributed by atoms with E-state index in [1.54, 1.807) is 11.3 Å². The fraction of sp³-hybridized carbons (Fsp3) is 0.692. The molecule has 0 radical (unpaired) electrons. The molecule has 1 aromatic rings. The van der Waals surface area contributed by atoms with E-state index in [4.69, 9.17) is 9.47 Å². The highest BCUT2D eigenvalue weighted by Gasteiger charge is 2.13. The molecule has 0 spiro atoms. The molecule has 1 fully saturated rings. The van der Waals surface area contributed by atoms with E-state index in [1.807, 2.05) is 0 Å². The van der Waals surface area contributed by atoms with Crippen LogP contribution < -0.4 is 5.32 Å². The van der Waals surface area contributed by atoms with Gasteiger partial charge in [-0.2, -0.15) is 0 Å². The largest absolute Gasteiger partial charge is 0.381 e. The Morgan fingerprint density at radius 2 is 2.35 bits per heavy atom. The van der Waals surface area contributed by atoms with Crippen molar-refractivity contribution >= 4 is 11.3 Å². The Bertz CT molecular complexity index is 296. The van der Waals surface area contributed by atoms with Gasteiger partial charge in [-0.25, -0.2) is 0 Å². The van der Waals surface area contributed by atoms with E-state index in [9.17, 15) is 0 Å². The predicted octanol–water partition coefficient (Wildman–Crippen LogP) is 2.59. The van der Waals surface area contributed by atoms with Crippen molar-refractivity contribution in [3.8, 4) is 0 Å². The summed E-state index contributed by atoms with van der Waals surface area (Å²) in [6.07, 6.45) is 2.49. The van der Waals surface area contributed by atoms with Crippen LogP contribution in [-0.2, 0) is 9.47 Å². The molecule has 1 N–H and O–H groups in total. The SMILES string of the molecule is CC(NCCOC1CCOCC1)c1cccs1. The summed E-state index contributed by atoms with van der Waals surface area (Å²) in [4.78, 5) is 1.39. The van der Waals surface area contributed by atoms with E-state index in [-0.39, 0.29) is 0 Å². The first kappa shape index (κ1) is 13.0. The molecule has 1 aliphatic rings. The normalized spacial score (nSPS) is 19.4. The highest BCUT2D eigenvalue weighted by molar-refractivity contribution is 7.10. The van der Waals surface area contributed by atoms with E-state index in [0.717, 1.165) is 39.2 Å². The Morgan fingerprint density at radius 3 is 3.06 bits per heavy atom. The topological polar surface area (TPSA) is 30.5 Å². The number of nitrogens with one attached hydrogen (secondary N) is 1. The van der Waals surface area contributed by atoms with E-state index in [0.29, 0.717) is 12.1 Å². The highest BCUT2D eigenvalue weighted by atomic mass is 32.1. The van der Waals surface area contributed by atoms with Gasteiger partial charge in [-0.15, -0.1) is 11.3 Å². The van der Waals surface area contributed by atoms with Crippen LogP contribution in [0.15, 0.2) is 17.5 Å². The Balaban J connectivity index is 1.56. The second kappa shape index (κ2) is 7.11. The van der Waals surface area contributed by atoms with Crippen molar-refractivity contribution in [1.82, 2.24) is 5.32 Å². The first-order chi connectivity index (χ1) is 8.36. The molecular formula is C13H21NO2S. The maximum absolute atomic E-state index is 5.81. The second-order valence-electron chi connectivity index (χ2n) is 4.37. The van der Waals surface area contributed by atoms with Gasteiger partial charge in [-0.3, -0.25) is 0 Å². The van der Waals surface area contributed by atoms with Crippen molar-refractivity contribution in [1.29, 1.82) is 0 Å². The van der Waals surface area contributed by atoms with Crippen LogP contribution in [0.5, 0.6) is 0 Å². The van der Waals surface area contributed by atoms with Gasteiger partial charge in [0.05, 0.1) is 12.7 Å². The molecule has 0 bridgehead atoms. The molecule has 1 unspecified atom stereocenters.